The van der Waals surface area contributed by atoms with Crippen LogP contribution in [-0.2, 0) is 16.8 Å². The van der Waals surface area contributed by atoms with Crippen molar-refractivity contribution in [1.82, 2.24) is 4.90 Å². The van der Waals surface area contributed by atoms with Crippen molar-refractivity contribution in [2.45, 2.75) is 44.8 Å². The highest BCUT2D eigenvalue weighted by Gasteiger charge is 2.51. The molecule has 1 amide bonds. The molecule has 2 aliphatic heterocycles. The molecule has 28 heavy (non-hydrogen) atoms. The zero-order valence-electron chi connectivity index (χ0n) is 16.5. The normalized spacial score (nSPS) is 20.1. The summed E-state index contributed by atoms with van der Waals surface area (Å²) in [5.74, 6) is 0.219. The van der Waals surface area contributed by atoms with Crippen molar-refractivity contribution in [2.24, 2.45) is 5.92 Å². The van der Waals surface area contributed by atoms with E-state index in [0.717, 1.165) is 29.7 Å². The Balaban J connectivity index is 1.47. The first kappa shape index (κ1) is 18.8. The molecule has 2 aliphatic rings. The van der Waals surface area contributed by atoms with Crippen LogP contribution in [0.5, 0.6) is 0 Å². The summed E-state index contributed by atoms with van der Waals surface area (Å²) in [5, 5.41) is 3.55. The maximum Gasteiger partial charge on any atom is 0.410 e. The Kier molecular flexibility index (Phi) is 5.00. The lowest BCUT2D eigenvalue weighted by Crippen LogP contribution is -2.52. The first-order valence-corrected chi connectivity index (χ1v) is 10.0. The molecule has 1 saturated heterocycles. The van der Waals surface area contributed by atoms with Crippen LogP contribution in [0.3, 0.4) is 0 Å². The Bertz CT molecular complexity index is 845. The fourth-order valence-corrected chi connectivity index (χ4v) is 4.88. The molecule has 2 aromatic rings. The average molecular weight is 382 g/mol. The first-order valence-electron chi connectivity index (χ1n) is 10.0. The van der Waals surface area contributed by atoms with Crippen molar-refractivity contribution in [1.29, 1.82) is 0 Å². The molecule has 0 saturated carbocycles. The van der Waals surface area contributed by atoms with Gasteiger partial charge in [0.25, 0.3) is 0 Å². The van der Waals surface area contributed by atoms with E-state index in [1.807, 2.05) is 36.4 Å². The highest BCUT2D eigenvalue weighted by Crippen LogP contribution is 2.50. The highest BCUT2D eigenvalue weighted by molar-refractivity contribution is 5.69. The predicted molar refractivity (Wildman–Crippen MR) is 108 cm³/mol. The van der Waals surface area contributed by atoms with Crippen molar-refractivity contribution < 1.29 is 13.9 Å². The number of halogens is 1. The van der Waals surface area contributed by atoms with Gasteiger partial charge in [-0.2, -0.15) is 0 Å². The summed E-state index contributed by atoms with van der Waals surface area (Å²) in [6.07, 6.45) is 1.17. The van der Waals surface area contributed by atoms with Crippen LogP contribution in [0.1, 0.15) is 37.8 Å². The Hall–Kier alpha value is -2.56. The van der Waals surface area contributed by atoms with E-state index in [4.69, 9.17) is 4.74 Å². The van der Waals surface area contributed by atoms with Gasteiger partial charge in [-0.3, -0.25) is 0 Å². The van der Waals surface area contributed by atoms with Crippen molar-refractivity contribution in [3.8, 4) is 0 Å². The third kappa shape index (κ3) is 3.23. The number of anilines is 1. The predicted octanol–water partition coefficient (Wildman–Crippen LogP) is 4.95. The maximum absolute atomic E-state index is 14.8. The second kappa shape index (κ2) is 7.46. The molecule has 1 spiro atoms. The van der Waals surface area contributed by atoms with E-state index in [2.05, 4.69) is 19.2 Å². The monoisotopic (exact) mass is 382 g/mol. The number of amides is 1. The van der Waals surface area contributed by atoms with E-state index in [1.54, 1.807) is 17.0 Å². The molecule has 1 atom stereocenters. The molecule has 0 bridgehead atoms. The van der Waals surface area contributed by atoms with Gasteiger partial charge in [0.1, 0.15) is 12.4 Å². The molecule has 2 heterocycles. The number of benzene rings is 2. The van der Waals surface area contributed by atoms with E-state index in [0.29, 0.717) is 19.0 Å². The molecule has 0 radical (unpaired) electrons. The number of hydrogen-bond donors (Lipinski definition) is 1. The van der Waals surface area contributed by atoms with Gasteiger partial charge in [0.2, 0.25) is 0 Å². The number of carbonyl (C=O) groups excluding carboxylic acids is 1. The zero-order valence-corrected chi connectivity index (χ0v) is 16.5. The van der Waals surface area contributed by atoms with Gasteiger partial charge in [0.15, 0.2) is 0 Å². The topological polar surface area (TPSA) is 41.6 Å². The lowest BCUT2D eigenvalue weighted by molar-refractivity contribution is 0.0726. The van der Waals surface area contributed by atoms with Crippen LogP contribution in [0.25, 0.3) is 0 Å². The average Bonchev–Trinajstić information content (AvgIpc) is 3.03. The van der Waals surface area contributed by atoms with Crippen LogP contribution in [0.2, 0.25) is 0 Å². The van der Waals surface area contributed by atoms with E-state index in [9.17, 15) is 9.18 Å². The second-order valence-electron chi connectivity index (χ2n) is 8.21. The maximum atomic E-state index is 14.8. The van der Waals surface area contributed by atoms with Gasteiger partial charge in [0.05, 0.1) is 0 Å². The largest absolute Gasteiger partial charge is 0.445 e. The summed E-state index contributed by atoms with van der Waals surface area (Å²) in [6, 6.07) is 15.1. The highest BCUT2D eigenvalue weighted by atomic mass is 19.1. The Morgan fingerprint density at radius 2 is 1.89 bits per heavy atom. The molecule has 4 nitrogen and oxygen atoms in total. The second-order valence-corrected chi connectivity index (χ2v) is 8.21. The van der Waals surface area contributed by atoms with Gasteiger partial charge in [-0.25, -0.2) is 9.18 Å². The number of ether oxygens (including phenoxy) is 1. The van der Waals surface area contributed by atoms with Crippen LogP contribution in [0.15, 0.2) is 48.5 Å². The summed E-state index contributed by atoms with van der Waals surface area (Å²) in [7, 11) is 0. The minimum Gasteiger partial charge on any atom is -0.445 e. The lowest BCUT2D eigenvalue weighted by atomic mass is 9.66. The number of piperidine rings is 1. The summed E-state index contributed by atoms with van der Waals surface area (Å²) < 4.78 is 20.3. The molecule has 4 rings (SSSR count). The van der Waals surface area contributed by atoms with E-state index >= 15 is 0 Å². The lowest BCUT2D eigenvalue weighted by Gasteiger charge is -2.44. The smallest absolute Gasteiger partial charge is 0.410 e. The minimum atomic E-state index is -0.292. The quantitative estimate of drug-likeness (QED) is 0.817. The summed E-state index contributed by atoms with van der Waals surface area (Å²) in [6.45, 7) is 5.76. The number of fused-ring (bicyclic) bond motifs is 2. The van der Waals surface area contributed by atoms with Crippen LogP contribution in [0, 0.1) is 11.7 Å². The molecule has 2 aromatic carbocycles. The Morgan fingerprint density at radius 3 is 2.57 bits per heavy atom. The standard InChI is InChI=1S/C23H27FN2O2/c1-16(2)21-23(20-18(24)9-6-10-19(20)25-21)11-13-26(14-12-23)22(27)28-15-17-7-4-3-5-8-17/h3-10,16,21,25H,11-15H2,1-2H3. The van der Waals surface area contributed by atoms with E-state index in [1.165, 1.54) is 0 Å². The fourth-order valence-electron chi connectivity index (χ4n) is 4.88. The molecule has 1 fully saturated rings. The number of likely N-dealkylation sites (tertiary alicyclic amines) is 1. The number of carbonyl (C=O) groups is 1. The van der Waals surface area contributed by atoms with Gasteiger partial charge in [-0.15, -0.1) is 0 Å². The SMILES string of the molecule is CC(C)C1Nc2cccc(F)c2C12CCN(C(=O)OCc1ccccc1)CC2. The molecule has 1 N–H and O–H groups in total. The summed E-state index contributed by atoms with van der Waals surface area (Å²) in [4.78, 5) is 14.3. The van der Waals surface area contributed by atoms with Gasteiger partial charge >= 0.3 is 6.09 Å². The van der Waals surface area contributed by atoms with Gasteiger partial charge in [0, 0.05) is 35.8 Å². The third-order valence-electron chi connectivity index (χ3n) is 6.20. The Morgan fingerprint density at radius 1 is 1.18 bits per heavy atom. The van der Waals surface area contributed by atoms with Crippen molar-refractivity contribution in [3.63, 3.8) is 0 Å². The van der Waals surface area contributed by atoms with Crippen LogP contribution < -0.4 is 5.32 Å². The summed E-state index contributed by atoms with van der Waals surface area (Å²) in [5.41, 5.74) is 2.40. The number of nitrogens with zero attached hydrogens (tertiary/aromatic N) is 1. The number of nitrogens with one attached hydrogen (secondary N) is 1. The molecule has 5 heteroatoms. The van der Waals surface area contributed by atoms with E-state index in [-0.39, 0.29) is 30.0 Å². The molecule has 0 aliphatic carbocycles. The van der Waals surface area contributed by atoms with Crippen molar-refractivity contribution in [3.05, 3.63) is 65.5 Å². The van der Waals surface area contributed by atoms with Crippen LogP contribution in [0.4, 0.5) is 14.9 Å². The number of hydrogen-bond acceptors (Lipinski definition) is 3. The van der Waals surface area contributed by atoms with Gasteiger partial charge in [-0.05, 0) is 36.5 Å². The molecular weight excluding hydrogens is 355 g/mol. The molecule has 1 unspecified atom stereocenters. The third-order valence-corrected chi connectivity index (χ3v) is 6.20. The van der Waals surface area contributed by atoms with E-state index < -0.39 is 0 Å². The first-order chi connectivity index (χ1) is 13.5. The summed E-state index contributed by atoms with van der Waals surface area (Å²) >= 11 is 0. The van der Waals surface area contributed by atoms with Crippen LogP contribution in [-0.4, -0.2) is 30.1 Å². The van der Waals surface area contributed by atoms with Crippen LogP contribution >= 0.6 is 0 Å². The number of rotatable bonds is 3. The fraction of sp³-hybridized carbons (Fsp3) is 0.435. The molecule has 0 aromatic heterocycles. The Labute approximate surface area is 165 Å². The van der Waals surface area contributed by atoms with Gasteiger partial charge < -0.3 is 15.0 Å². The zero-order chi connectivity index (χ0) is 19.7. The van der Waals surface area contributed by atoms with Crippen molar-refractivity contribution in [2.75, 3.05) is 18.4 Å². The molecular formula is C23H27FN2O2. The minimum absolute atomic E-state index is 0.145. The van der Waals surface area contributed by atoms with Gasteiger partial charge in [-0.1, -0.05) is 50.2 Å². The van der Waals surface area contributed by atoms with Crippen molar-refractivity contribution >= 4 is 11.8 Å². The molecule has 148 valence electrons.